The summed E-state index contributed by atoms with van der Waals surface area (Å²) in [6.45, 7) is 2.11. The van der Waals surface area contributed by atoms with Crippen LogP contribution >= 0.6 is 12.4 Å². The number of carbonyl (C=O) groups excluding carboxylic acids is 1. The van der Waals surface area contributed by atoms with Crippen LogP contribution in [0.15, 0.2) is 55.1 Å². The quantitative estimate of drug-likeness (QED) is 0.703. The molecule has 8 heteroatoms. The molecule has 2 aromatic heterocycles. The molecule has 1 fully saturated rings. The number of imidazole rings is 1. The molecule has 1 aromatic carbocycles. The van der Waals surface area contributed by atoms with Crippen LogP contribution < -0.4 is 10.6 Å². The molecular weight excluding hydrogens is 364 g/mol. The van der Waals surface area contributed by atoms with Gasteiger partial charge in [0.15, 0.2) is 0 Å². The van der Waals surface area contributed by atoms with E-state index < -0.39 is 0 Å². The minimum atomic E-state index is -0.138. The van der Waals surface area contributed by atoms with Gasteiger partial charge in [-0.3, -0.25) is 14.8 Å². The highest BCUT2D eigenvalue weighted by atomic mass is 35.5. The number of aromatic nitrogens is 4. The molecule has 0 aliphatic carbocycles. The molecule has 2 atom stereocenters. The fraction of sp³-hybridized carbons (Fsp3) is 0.316. The van der Waals surface area contributed by atoms with Gasteiger partial charge in [0, 0.05) is 44.6 Å². The standard InChI is InChI=1S/C19H22N6O.ClH/c1-24-13-15(9-22-24)16-10-20-11-17(16)18(26)23-19-21-7-8-25(19)12-14-5-3-2-4-6-14;/h2-9,13,16-17,20H,10-12H2,1H3,(H,21,23,26);1H/t16-,17+;/m1./s1. The summed E-state index contributed by atoms with van der Waals surface area (Å²) in [6, 6.07) is 10.1. The summed E-state index contributed by atoms with van der Waals surface area (Å²) in [5, 5.41) is 10.6. The molecule has 0 saturated carbocycles. The van der Waals surface area contributed by atoms with Crippen molar-refractivity contribution in [2.24, 2.45) is 13.0 Å². The van der Waals surface area contributed by atoms with Crippen molar-refractivity contribution in [1.82, 2.24) is 24.6 Å². The minimum absolute atomic E-state index is 0. The summed E-state index contributed by atoms with van der Waals surface area (Å²) in [5.74, 6) is 0.558. The zero-order chi connectivity index (χ0) is 17.9. The number of carbonyl (C=O) groups is 1. The Bertz CT molecular complexity index is 891. The van der Waals surface area contributed by atoms with Gasteiger partial charge in [0.1, 0.15) is 0 Å². The second kappa shape index (κ2) is 8.37. The van der Waals surface area contributed by atoms with Gasteiger partial charge in [0.2, 0.25) is 11.9 Å². The summed E-state index contributed by atoms with van der Waals surface area (Å²) in [4.78, 5) is 17.2. The number of nitrogens with zero attached hydrogens (tertiary/aromatic N) is 4. The Hall–Kier alpha value is -2.64. The first kappa shape index (κ1) is 19.1. The van der Waals surface area contributed by atoms with E-state index in [-0.39, 0.29) is 30.2 Å². The maximum Gasteiger partial charge on any atom is 0.231 e. The Kier molecular flexibility index (Phi) is 5.93. The molecule has 3 aromatic rings. The molecule has 0 radical (unpaired) electrons. The van der Waals surface area contributed by atoms with Crippen LogP contribution in [-0.2, 0) is 18.4 Å². The topological polar surface area (TPSA) is 76.8 Å². The summed E-state index contributed by atoms with van der Waals surface area (Å²) >= 11 is 0. The normalized spacial score (nSPS) is 18.9. The third kappa shape index (κ3) is 4.20. The number of benzene rings is 1. The maximum atomic E-state index is 12.9. The summed E-state index contributed by atoms with van der Waals surface area (Å²) in [5.41, 5.74) is 2.25. The molecule has 7 nitrogen and oxygen atoms in total. The highest BCUT2D eigenvalue weighted by Crippen LogP contribution is 2.28. The van der Waals surface area contributed by atoms with Gasteiger partial charge >= 0.3 is 0 Å². The van der Waals surface area contributed by atoms with Crippen LogP contribution in [0.3, 0.4) is 0 Å². The lowest BCUT2D eigenvalue weighted by Gasteiger charge is -2.17. The van der Waals surface area contributed by atoms with Crippen molar-refractivity contribution in [2.75, 3.05) is 18.4 Å². The Balaban J connectivity index is 0.00000210. The number of anilines is 1. The summed E-state index contributed by atoms with van der Waals surface area (Å²) in [6.07, 6.45) is 7.42. The van der Waals surface area contributed by atoms with Crippen molar-refractivity contribution in [3.8, 4) is 0 Å². The van der Waals surface area contributed by atoms with Gasteiger partial charge in [-0.1, -0.05) is 30.3 Å². The highest BCUT2D eigenvalue weighted by molar-refractivity contribution is 5.92. The molecule has 142 valence electrons. The van der Waals surface area contributed by atoms with Crippen LogP contribution in [0.5, 0.6) is 0 Å². The van der Waals surface area contributed by atoms with E-state index in [0.717, 1.165) is 17.7 Å². The summed E-state index contributed by atoms with van der Waals surface area (Å²) in [7, 11) is 1.89. The van der Waals surface area contributed by atoms with Gasteiger partial charge in [0.25, 0.3) is 0 Å². The zero-order valence-corrected chi connectivity index (χ0v) is 15.9. The lowest BCUT2D eigenvalue weighted by Crippen LogP contribution is -2.29. The molecule has 0 bridgehead atoms. The van der Waals surface area contributed by atoms with E-state index in [1.807, 2.05) is 48.4 Å². The van der Waals surface area contributed by atoms with Crippen LogP contribution in [0.1, 0.15) is 17.0 Å². The summed E-state index contributed by atoms with van der Waals surface area (Å²) < 4.78 is 3.73. The third-order valence-corrected chi connectivity index (χ3v) is 4.85. The monoisotopic (exact) mass is 386 g/mol. The van der Waals surface area contributed by atoms with E-state index in [0.29, 0.717) is 19.0 Å². The van der Waals surface area contributed by atoms with E-state index in [4.69, 9.17) is 0 Å². The van der Waals surface area contributed by atoms with Crippen molar-refractivity contribution in [3.63, 3.8) is 0 Å². The average Bonchev–Trinajstić information content (AvgIpc) is 3.37. The van der Waals surface area contributed by atoms with Crippen LogP contribution in [0.25, 0.3) is 0 Å². The van der Waals surface area contributed by atoms with Crippen molar-refractivity contribution >= 4 is 24.3 Å². The number of amides is 1. The number of rotatable bonds is 5. The van der Waals surface area contributed by atoms with Gasteiger partial charge in [-0.2, -0.15) is 5.10 Å². The van der Waals surface area contributed by atoms with Crippen LogP contribution in [0, 0.1) is 5.92 Å². The Morgan fingerprint density at radius 2 is 2.11 bits per heavy atom. The number of hydrogen-bond acceptors (Lipinski definition) is 4. The Morgan fingerprint density at radius 3 is 2.85 bits per heavy atom. The molecule has 0 spiro atoms. The van der Waals surface area contributed by atoms with Crippen LogP contribution in [-0.4, -0.2) is 38.3 Å². The SMILES string of the molecule is Cl.Cn1cc([C@H]2CNC[C@@H]2C(=O)Nc2nccn2Cc2ccccc2)cn1. The molecule has 1 amide bonds. The number of halogens is 1. The predicted molar refractivity (Wildman–Crippen MR) is 106 cm³/mol. The van der Waals surface area contributed by atoms with Crippen molar-refractivity contribution < 1.29 is 4.79 Å². The fourth-order valence-electron chi connectivity index (χ4n) is 3.48. The van der Waals surface area contributed by atoms with Gasteiger partial charge in [-0.05, 0) is 11.1 Å². The second-order valence-electron chi connectivity index (χ2n) is 6.67. The van der Waals surface area contributed by atoms with E-state index in [2.05, 4.69) is 32.8 Å². The Labute approximate surface area is 164 Å². The maximum absolute atomic E-state index is 12.9. The van der Waals surface area contributed by atoms with E-state index in [1.54, 1.807) is 10.9 Å². The van der Waals surface area contributed by atoms with Gasteiger partial charge in [-0.15, -0.1) is 12.4 Å². The number of nitrogens with one attached hydrogen (secondary N) is 2. The zero-order valence-electron chi connectivity index (χ0n) is 15.1. The van der Waals surface area contributed by atoms with Crippen molar-refractivity contribution in [3.05, 3.63) is 66.2 Å². The highest BCUT2D eigenvalue weighted by Gasteiger charge is 2.35. The molecule has 1 aliphatic heterocycles. The second-order valence-corrected chi connectivity index (χ2v) is 6.67. The van der Waals surface area contributed by atoms with Gasteiger partial charge in [-0.25, -0.2) is 4.98 Å². The molecule has 4 rings (SSSR count). The largest absolute Gasteiger partial charge is 0.315 e. The Morgan fingerprint density at radius 1 is 1.30 bits per heavy atom. The van der Waals surface area contributed by atoms with E-state index in [1.165, 1.54) is 0 Å². The molecule has 27 heavy (non-hydrogen) atoms. The first-order chi connectivity index (χ1) is 12.7. The van der Waals surface area contributed by atoms with Crippen molar-refractivity contribution in [2.45, 2.75) is 12.5 Å². The minimum Gasteiger partial charge on any atom is -0.315 e. The lowest BCUT2D eigenvalue weighted by molar-refractivity contribution is -0.119. The average molecular weight is 387 g/mol. The third-order valence-electron chi connectivity index (χ3n) is 4.85. The molecule has 1 saturated heterocycles. The van der Waals surface area contributed by atoms with Crippen molar-refractivity contribution in [1.29, 1.82) is 0 Å². The molecule has 1 aliphatic rings. The molecule has 2 N–H and O–H groups in total. The van der Waals surface area contributed by atoms with Gasteiger partial charge in [0.05, 0.1) is 18.7 Å². The number of hydrogen-bond donors (Lipinski definition) is 2. The molecule has 3 heterocycles. The fourth-order valence-corrected chi connectivity index (χ4v) is 3.48. The predicted octanol–water partition coefficient (Wildman–Crippen LogP) is 2.03. The van der Waals surface area contributed by atoms with E-state index >= 15 is 0 Å². The first-order valence-electron chi connectivity index (χ1n) is 8.76. The van der Waals surface area contributed by atoms with Crippen LogP contribution in [0.2, 0.25) is 0 Å². The smallest absolute Gasteiger partial charge is 0.231 e. The first-order valence-corrected chi connectivity index (χ1v) is 8.76. The van der Waals surface area contributed by atoms with Gasteiger partial charge < -0.3 is 9.88 Å². The number of aryl methyl sites for hydroxylation is 1. The van der Waals surface area contributed by atoms with Crippen LogP contribution in [0.4, 0.5) is 5.95 Å². The molecule has 0 unspecified atom stereocenters. The lowest BCUT2D eigenvalue weighted by atomic mass is 9.90. The molecular formula is C19H23ClN6O. The van der Waals surface area contributed by atoms with E-state index in [9.17, 15) is 4.79 Å².